The summed E-state index contributed by atoms with van der Waals surface area (Å²) in [6.07, 6.45) is 14.4. The summed E-state index contributed by atoms with van der Waals surface area (Å²) in [7, 11) is 3.72. The van der Waals surface area contributed by atoms with Crippen LogP contribution < -0.4 is 18.2 Å². The second-order valence-corrected chi connectivity index (χ2v) is 20.2. The Morgan fingerprint density at radius 2 is 0.969 bits per heavy atom. The summed E-state index contributed by atoms with van der Waals surface area (Å²) in [6.45, 7) is 0. The third kappa shape index (κ3) is 5.98. The average Bonchev–Trinajstić information content (AvgIpc) is 2.88. The molecule has 2 nitrogen and oxygen atoms in total. The van der Waals surface area contributed by atoms with Crippen molar-refractivity contribution < 1.29 is 9.47 Å². The van der Waals surface area contributed by atoms with Crippen LogP contribution in [0.2, 0.25) is 19.8 Å². The van der Waals surface area contributed by atoms with Gasteiger partial charge in [-0.15, -0.1) is 0 Å². The first kappa shape index (κ1) is 24.3. The van der Waals surface area contributed by atoms with Crippen LogP contribution in [-0.2, 0) is 0 Å². The molecule has 0 N–H and O–H groups in total. The van der Waals surface area contributed by atoms with E-state index in [4.69, 9.17) is 9.47 Å². The number of benzene rings is 2. The van der Waals surface area contributed by atoms with E-state index in [1.807, 2.05) is 14.2 Å². The fraction of sp³-hybridized carbons (Fsp3) is 0.571. The first-order valence-corrected chi connectivity index (χ1v) is 19.3. The molecule has 4 rings (SSSR count). The van der Waals surface area contributed by atoms with Gasteiger partial charge in [0.25, 0.3) is 0 Å². The van der Waals surface area contributed by atoms with Crippen LogP contribution >= 0.6 is 0 Å². The normalized spacial score (nSPS) is 19.9. The van der Waals surface area contributed by atoms with E-state index in [9.17, 15) is 0 Å². The van der Waals surface area contributed by atoms with Crippen molar-refractivity contribution in [1.82, 2.24) is 0 Å². The summed E-state index contributed by atoms with van der Waals surface area (Å²) in [5, 5.41) is 2.90. The van der Waals surface area contributed by atoms with Gasteiger partial charge in [0.15, 0.2) is 0 Å². The summed E-state index contributed by atoms with van der Waals surface area (Å²) in [4.78, 5) is 0. The van der Waals surface area contributed by atoms with Crippen LogP contribution in [0.15, 0.2) is 48.5 Å². The summed E-state index contributed by atoms with van der Waals surface area (Å²) in [5.74, 6) is 2.32. The van der Waals surface area contributed by atoms with Gasteiger partial charge < -0.3 is 0 Å². The Labute approximate surface area is 205 Å². The van der Waals surface area contributed by atoms with Gasteiger partial charge >= 0.3 is 206 Å². The molecule has 0 aromatic heterocycles. The predicted octanol–water partition coefficient (Wildman–Crippen LogP) is 6.48. The van der Waals surface area contributed by atoms with Gasteiger partial charge in [-0.2, -0.15) is 0 Å². The molecule has 2 saturated carbocycles. The van der Waals surface area contributed by atoms with Crippen LogP contribution in [0.4, 0.5) is 0 Å². The molecule has 2 aliphatic carbocycles. The van der Waals surface area contributed by atoms with Gasteiger partial charge in [-0.1, -0.05) is 0 Å². The maximum absolute atomic E-state index is 5.89. The zero-order chi connectivity index (χ0) is 22.2. The van der Waals surface area contributed by atoms with E-state index in [1.165, 1.54) is 74.6 Å². The second kappa shape index (κ2) is 12.6. The van der Waals surface area contributed by atoms with E-state index in [0.29, 0.717) is 0 Å². The minimum absolute atomic E-state index is 0.951. The van der Waals surface area contributed by atoms with E-state index >= 15 is 0 Å². The molecule has 2 aromatic rings. The van der Waals surface area contributed by atoms with E-state index < -0.39 is 29.3 Å². The molecule has 0 heterocycles. The third-order valence-electron chi connectivity index (χ3n) is 7.40. The van der Waals surface area contributed by atoms with Crippen LogP contribution in [0.3, 0.4) is 0 Å². The van der Waals surface area contributed by atoms with Crippen molar-refractivity contribution in [2.45, 2.75) is 84.0 Å². The Bertz CT molecular complexity index is 758. The maximum atomic E-state index is 5.89. The molecule has 2 unspecified atom stereocenters. The van der Waals surface area contributed by atoms with Gasteiger partial charge in [-0.05, 0) is 0 Å². The van der Waals surface area contributed by atoms with Gasteiger partial charge in [-0.3, -0.25) is 0 Å². The van der Waals surface area contributed by atoms with Gasteiger partial charge in [0, 0.05) is 0 Å². The van der Waals surface area contributed by atoms with Crippen molar-refractivity contribution in [1.29, 1.82) is 0 Å². The van der Waals surface area contributed by atoms with Crippen LogP contribution in [-0.4, -0.2) is 43.5 Å². The molecule has 2 fully saturated rings. The SMILES string of the molecule is COc1ccccc1[As](CC[As](c1ccccc1OC)C1CCCCC1)C1CCCCC1. The topological polar surface area (TPSA) is 18.5 Å². The van der Waals surface area contributed by atoms with Crippen LogP contribution in [0.1, 0.15) is 64.2 Å². The number of ether oxygens (including phenoxy) is 2. The molecule has 0 amide bonds. The van der Waals surface area contributed by atoms with Crippen LogP contribution in [0.5, 0.6) is 11.5 Å². The van der Waals surface area contributed by atoms with Crippen molar-refractivity contribution in [3.05, 3.63) is 48.5 Å². The molecule has 2 aliphatic rings. The average molecular weight is 558 g/mol. The number of hydrogen-bond donors (Lipinski definition) is 0. The molecule has 2 aromatic carbocycles. The Balaban J connectivity index is 1.61. The van der Waals surface area contributed by atoms with Crippen molar-refractivity contribution in [2.75, 3.05) is 14.2 Å². The Hall–Kier alpha value is -0.843. The molecular weight excluding hydrogens is 518 g/mol. The summed E-state index contributed by atoms with van der Waals surface area (Å²) in [6, 6.07) is 18.0. The first-order chi connectivity index (χ1) is 15.8. The Kier molecular flexibility index (Phi) is 9.54. The monoisotopic (exact) mass is 558 g/mol. The van der Waals surface area contributed by atoms with E-state index in [0.717, 1.165) is 20.9 Å². The molecule has 0 saturated heterocycles. The molecule has 0 aliphatic heterocycles. The van der Waals surface area contributed by atoms with E-state index in [2.05, 4.69) is 48.5 Å². The van der Waals surface area contributed by atoms with Crippen molar-refractivity contribution in [2.24, 2.45) is 0 Å². The van der Waals surface area contributed by atoms with Crippen molar-refractivity contribution in [3.63, 3.8) is 0 Å². The molecule has 32 heavy (non-hydrogen) atoms. The summed E-state index contributed by atoms with van der Waals surface area (Å²) < 4.78 is 16.9. The zero-order valence-corrected chi connectivity index (χ0v) is 23.7. The number of methoxy groups -OCH3 is 2. The summed E-state index contributed by atoms with van der Waals surface area (Å²) in [5.41, 5.74) is 0. The van der Waals surface area contributed by atoms with Crippen molar-refractivity contribution in [3.8, 4) is 11.5 Å². The van der Waals surface area contributed by atoms with Gasteiger partial charge in [0.1, 0.15) is 0 Å². The molecule has 0 bridgehead atoms. The van der Waals surface area contributed by atoms with Gasteiger partial charge in [-0.25, -0.2) is 0 Å². The van der Waals surface area contributed by atoms with E-state index in [1.54, 1.807) is 8.70 Å². The number of para-hydroxylation sites is 2. The molecule has 2 atom stereocenters. The predicted molar refractivity (Wildman–Crippen MR) is 140 cm³/mol. The van der Waals surface area contributed by atoms with Crippen LogP contribution in [0.25, 0.3) is 0 Å². The zero-order valence-electron chi connectivity index (χ0n) is 20.0. The summed E-state index contributed by atoms with van der Waals surface area (Å²) >= 11 is -2.41. The second-order valence-electron chi connectivity index (χ2n) is 9.31. The molecular formula is C28H40As2O2. The molecule has 0 radical (unpaired) electrons. The Morgan fingerprint density at radius 3 is 1.34 bits per heavy atom. The molecule has 0 spiro atoms. The van der Waals surface area contributed by atoms with Crippen molar-refractivity contribution >= 4 is 38.0 Å². The molecule has 174 valence electrons. The van der Waals surface area contributed by atoms with Crippen LogP contribution in [0, 0.1) is 0 Å². The number of rotatable bonds is 9. The number of hydrogen-bond acceptors (Lipinski definition) is 2. The van der Waals surface area contributed by atoms with Gasteiger partial charge in [0.2, 0.25) is 0 Å². The molecule has 4 heteroatoms. The standard InChI is InChI=1S/C28H40As2O2/c1-31-27-19-11-9-17-25(27)29(23-13-5-3-6-14-23)21-22-30(24-15-7-4-8-16-24)26-18-10-12-20-28(26)32-2/h9-12,17-20,23-24H,3-8,13-16,21-22H2,1-2H3. The Morgan fingerprint density at radius 1 is 0.594 bits per heavy atom. The minimum atomic E-state index is -1.21. The third-order valence-corrected chi connectivity index (χ3v) is 22.0. The quantitative estimate of drug-likeness (QED) is 0.329. The first-order valence-electron chi connectivity index (χ1n) is 12.6. The fourth-order valence-corrected chi connectivity index (χ4v) is 22.7. The van der Waals surface area contributed by atoms with E-state index in [-0.39, 0.29) is 0 Å². The fourth-order valence-electron chi connectivity index (χ4n) is 5.73. The van der Waals surface area contributed by atoms with Gasteiger partial charge in [0.05, 0.1) is 0 Å².